The third kappa shape index (κ3) is 5.87. The van der Waals surface area contributed by atoms with E-state index in [1.165, 1.54) is 6.92 Å². The molecule has 0 aromatic carbocycles. The zero-order chi connectivity index (χ0) is 9.78. The van der Waals surface area contributed by atoms with Gasteiger partial charge in [0.05, 0.1) is 11.8 Å². The quantitative estimate of drug-likeness (QED) is 0.359. The van der Waals surface area contributed by atoms with Crippen LogP contribution in [0, 0.1) is 0 Å². The molecule has 0 rings (SSSR count). The Morgan fingerprint density at radius 2 is 2.33 bits per heavy atom. The Morgan fingerprint density at radius 3 is 2.67 bits per heavy atom. The lowest BCUT2D eigenvalue weighted by atomic mass is 10.4. The second-order valence-corrected chi connectivity index (χ2v) is 3.77. The van der Waals surface area contributed by atoms with Gasteiger partial charge in [-0.05, 0) is 12.8 Å². The van der Waals surface area contributed by atoms with Crippen molar-refractivity contribution in [3.63, 3.8) is 0 Å². The van der Waals surface area contributed by atoms with Gasteiger partial charge in [-0.3, -0.25) is 9.55 Å². The summed E-state index contributed by atoms with van der Waals surface area (Å²) in [6.07, 6.45) is 0.973. The number of aliphatic imine (C=N–C) groups is 1. The molecule has 0 amide bonds. The Bertz CT molecular complexity index is 280. The molecule has 0 saturated heterocycles. The Kier molecular flexibility index (Phi) is 3.91. The molecule has 1 atom stereocenters. The first kappa shape index (κ1) is 11.1. The van der Waals surface area contributed by atoms with E-state index < -0.39 is 27.8 Å². The SMILES string of the molecule is C=CC([O-])=NC(C)CS(=O)(=O)O. The van der Waals surface area contributed by atoms with Crippen LogP contribution in [0.25, 0.3) is 0 Å². The predicted octanol–water partition coefficient (Wildman–Crippen LogP) is -0.792. The molecule has 1 unspecified atom stereocenters. The maximum absolute atomic E-state index is 10.5. The minimum absolute atomic E-state index is 0.549. The van der Waals surface area contributed by atoms with E-state index in [1.807, 2.05) is 0 Å². The van der Waals surface area contributed by atoms with Crippen LogP contribution < -0.4 is 5.11 Å². The summed E-state index contributed by atoms with van der Waals surface area (Å²) in [6, 6.07) is -0.745. The predicted molar refractivity (Wildman–Crippen MR) is 43.5 cm³/mol. The van der Waals surface area contributed by atoms with Gasteiger partial charge in [-0.1, -0.05) is 12.7 Å². The molecule has 0 spiro atoms. The van der Waals surface area contributed by atoms with Crippen LogP contribution in [0.2, 0.25) is 0 Å². The van der Waals surface area contributed by atoms with Crippen LogP contribution in [-0.2, 0) is 10.1 Å². The highest BCUT2D eigenvalue weighted by atomic mass is 32.2. The molecule has 6 heteroatoms. The van der Waals surface area contributed by atoms with Crippen LogP contribution >= 0.6 is 0 Å². The molecule has 0 heterocycles. The minimum Gasteiger partial charge on any atom is -0.859 e. The Hall–Kier alpha value is -0.880. The standard InChI is InChI=1S/C6H11NO4S/c1-3-6(8)7-5(2)4-12(9,10)11/h3,5H,1,4H2,2H3,(H,7,8)(H,9,10,11)/p-1. The molecule has 12 heavy (non-hydrogen) atoms. The number of rotatable bonds is 4. The molecule has 1 N–H and O–H groups in total. The summed E-state index contributed by atoms with van der Waals surface area (Å²) in [6.45, 7) is 4.57. The van der Waals surface area contributed by atoms with Crippen molar-refractivity contribution in [1.82, 2.24) is 0 Å². The summed E-state index contributed by atoms with van der Waals surface area (Å²) < 4.78 is 28.9. The fourth-order valence-electron chi connectivity index (χ4n) is 0.612. The zero-order valence-corrected chi connectivity index (χ0v) is 7.41. The highest BCUT2D eigenvalue weighted by Gasteiger charge is 2.09. The number of nitrogens with zero attached hydrogens (tertiary/aromatic N) is 1. The van der Waals surface area contributed by atoms with Gasteiger partial charge in [0.2, 0.25) is 0 Å². The van der Waals surface area contributed by atoms with Gasteiger partial charge in [0.1, 0.15) is 0 Å². The molecule has 0 aromatic rings. The Morgan fingerprint density at radius 1 is 1.83 bits per heavy atom. The molecular weight excluding hydrogens is 182 g/mol. The smallest absolute Gasteiger partial charge is 0.266 e. The van der Waals surface area contributed by atoms with Gasteiger partial charge in [0.15, 0.2) is 0 Å². The van der Waals surface area contributed by atoms with Crippen molar-refractivity contribution in [3.8, 4) is 0 Å². The van der Waals surface area contributed by atoms with Crippen molar-refractivity contribution >= 4 is 16.0 Å². The van der Waals surface area contributed by atoms with E-state index in [-0.39, 0.29) is 0 Å². The molecule has 0 fully saturated rings. The van der Waals surface area contributed by atoms with Crippen LogP contribution in [0.1, 0.15) is 6.92 Å². The van der Waals surface area contributed by atoms with Gasteiger partial charge in [-0.25, -0.2) is 0 Å². The number of hydrogen-bond donors (Lipinski definition) is 1. The third-order valence-electron chi connectivity index (χ3n) is 0.974. The molecule has 0 radical (unpaired) electrons. The maximum Gasteiger partial charge on any atom is 0.266 e. The van der Waals surface area contributed by atoms with Crippen molar-refractivity contribution in [1.29, 1.82) is 0 Å². The molecule has 0 aromatic heterocycles. The molecule has 0 bridgehead atoms. The van der Waals surface area contributed by atoms with Gasteiger partial charge in [0.25, 0.3) is 10.1 Å². The normalized spacial score (nSPS) is 15.7. The van der Waals surface area contributed by atoms with Crippen molar-refractivity contribution in [2.45, 2.75) is 13.0 Å². The number of hydrogen-bond acceptors (Lipinski definition) is 4. The highest BCUT2D eigenvalue weighted by Crippen LogP contribution is 1.94. The van der Waals surface area contributed by atoms with Gasteiger partial charge in [0, 0.05) is 0 Å². The average Bonchev–Trinajstić information content (AvgIpc) is 1.82. The fraction of sp³-hybridized carbons (Fsp3) is 0.500. The first-order valence-electron chi connectivity index (χ1n) is 3.17. The summed E-state index contributed by atoms with van der Waals surface area (Å²) >= 11 is 0. The van der Waals surface area contributed by atoms with Gasteiger partial charge in [-0.2, -0.15) is 8.42 Å². The Balaban J connectivity index is 4.25. The summed E-state index contributed by atoms with van der Waals surface area (Å²) in [4.78, 5) is 3.38. The van der Waals surface area contributed by atoms with Crippen molar-refractivity contribution < 1.29 is 18.1 Å². The van der Waals surface area contributed by atoms with E-state index in [0.29, 0.717) is 0 Å². The van der Waals surface area contributed by atoms with Crippen LogP contribution in [0.3, 0.4) is 0 Å². The second-order valence-electron chi connectivity index (χ2n) is 2.27. The lowest BCUT2D eigenvalue weighted by Gasteiger charge is -2.08. The van der Waals surface area contributed by atoms with Crippen molar-refractivity contribution in [3.05, 3.63) is 12.7 Å². The van der Waals surface area contributed by atoms with E-state index in [9.17, 15) is 13.5 Å². The first-order valence-corrected chi connectivity index (χ1v) is 4.78. The van der Waals surface area contributed by atoms with E-state index in [0.717, 1.165) is 6.08 Å². The minimum atomic E-state index is -4.06. The molecule has 0 aliphatic carbocycles. The molecule has 70 valence electrons. The van der Waals surface area contributed by atoms with Gasteiger partial charge in [-0.15, -0.1) is 0 Å². The van der Waals surface area contributed by atoms with Crippen LogP contribution in [-0.4, -0.2) is 30.7 Å². The van der Waals surface area contributed by atoms with E-state index >= 15 is 0 Å². The molecular formula is C6H10NO4S-. The van der Waals surface area contributed by atoms with Crippen LogP contribution in [0.15, 0.2) is 17.6 Å². The van der Waals surface area contributed by atoms with Gasteiger partial charge < -0.3 is 5.11 Å². The monoisotopic (exact) mass is 192 g/mol. The van der Waals surface area contributed by atoms with E-state index in [2.05, 4.69) is 11.6 Å². The lowest BCUT2D eigenvalue weighted by Crippen LogP contribution is -2.21. The van der Waals surface area contributed by atoms with Crippen molar-refractivity contribution in [2.24, 2.45) is 4.99 Å². The van der Waals surface area contributed by atoms with Crippen LogP contribution in [0.4, 0.5) is 0 Å². The zero-order valence-electron chi connectivity index (χ0n) is 6.60. The molecule has 0 aliphatic heterocycles. The second kappa shape index (κ2) is 4.22. The highest BCUT2D eigenvalue weighted by molar-refractivity contribution is 7.85. The largest absolute Gasteiger partial charge is 0.859 e. The third-order valence-corrected chi connectivity index (χ3v) is 1.88. The molecule has 0 saturated carbocycles. The maximum atomic E-state index is 10.5. The summed E-state index contributed by atoms with van der Waals surface area (Å²) in [5.74, 6) is -1.14. The summed E-state index contributed by atoms with van der Waals surface area (Å²) in [5, 5.41) is 10.5. The first-order chi connectivity index (χ1) is 5.35. The average molecular weight is 192 g/mol. The van der Waals surface area contributed by atoms with E-state index in [1.54, 1.807) is 0 Å². The lowest BCUT2D eigenvalue weighted by molar-refractivity contribution is -0.212. The summed E-state index contributed by atoms with van der Waals surface area (Å²) in [5.41, 5.74) is 0. The van der Waals surface area contributed by atoms with Crippen molar-refractivity contribution in [2.75, 3.05) is 5.75 Å². The topological polar surface area (TPSA) is 89.8 Å². The Labute approximate surface area is 71.2 Å². The van der Waals surface area contributed by atoms with Crippen LogP contribution in [0.5, 0.6) is 0 Å². The molecule has 5 nitrogen and oxygen atoms in total. The van der Waals surface area contributed by atoms with Gasteiger partial charge >= 0.3 is 0 Å². The molecule has 0 aliphatic rings. The fourth-order valence-corrected chi connectivity index (χ4v) is 1.30. The summed E-state index contributed by atoms with van der Waals surface area (Å²) in [7, 11) is -4.06. The van der Waals surface area contributed by atoms with E-state index in [4.69, 9.17) is 4.55 Å².